The van der Waals surface area contributed by atoms with Crippen LogP contribution in [0.2, 0.25) is 5.02 Å². The van der Waals surface area contributed by atoms with Gasteiger partial charge in [-0.1, -0.05) is 11.6 Å². The number of nitrogens with zero attached hydrogens (tertiary/aromatic N) is 1. The number of aliphatic hydroxyl groups is 1. The normalized spacial score (nSPS) is 12.5. The highest BCUT2D eigenvalue weighted by Crippen LogP contribution is 2.29. The van der Waals surface area contributed by atoms with Crippen molar-refractivity contribution in [3.05, 3.63) is 63.9 Å². The Hall–Kier alpha value is -1.52. The quantitative estimate of drug-likeness (QED) is 0.848. The van der Waals surface area contributed by atoms with Crippen LogP contribution in [0.1, 0.15) is 22.8 Å². The summed E-state index contributed by atoms with van der Waals surface area (Å²) in [4.78, 5) is 3.86. The topological polar surface area (TPSA) is 33.1 Å². The van der Waals surface area contributed by atoms with E-state index >= 15 is 0 Å². The van der Waals surface area contributed by atoms with Crippen molar-refractivity contribution in [1.29, 1.82) is 0 Å². The van der Waals surface area contributed by atoms with Gasteiger partial charge in [0.2, 0.25) is 0 Å². The van der Waals surface area contributed by atoms with E-state index in [4.69, 9.17) is 11.6 Å². The van der Waals surface area contributed by atoms with Crippen LogP contribution in [0.3, 0.4) is 0 Å². The van der Waals surface area contributed by atoms with Crippen LogP contribution in [-0.2, 0) is 0 Å². The zero-order valence-corrected chi connectivity index (χ0v) is 10.2. The van der Waals surface area contributed by atoms with Gasteiger partial charge in [-0.3, -0.25) is 4.98 Å². The first-order chi connectivity index (χ1) is 8.50. The van der Waals surface area contributed by atoms with E-state index in [0.717, 1.165) is 17.7 Å². The van der Waals surface area contributed by atoms with E-state index in [2.05, 4.69) is 4.98 Å². The molecule has 0 spiro atoms. The van der Waals surface area contributed by atoms with Gasteiger partial charge in [-0.15, -0.1) is 0 Å². The van der Waals surface area contributed by atoms with Crippen molar-refractivity contribution in [2.24, 2.45) is 0 Å². The maximum absolute atomic E-state index is 13.7. The van der Waals surface area contributed by atoms with E-state index in [1.165, 1.54) is 6.20 Å². The van der Waals surface area contributed by atoms with Gasteiger partial charge in [-0.05, 0) is 30.7 Å². The average Bonchev–Trinajstić information content (AvgIpc) is 2.33. The molecule has 18 heavy (non-hydrogen) atoms. The van der Waals surface area contributed by atoms with Gasteiger partial charge in [0, 0.05) is 23.5 Å². The molecule has 0 saturated heterocycles. The van der Waals surface area contributed by atoms with Crippen molar-refractivity contribution in [1.82, 2.24) is 4.98 Å². The smallest absolute Gasteiger partial charge is 0.142 e. The largest absolute Gasteiger partial charge is 0.383 e. The Labute approximate surface area is 108 Å². The first-order valence-electron chi connectivity index (χ1n) is 5.23. The fraction of sp³-hybridized carbons (Fsp3) is 0.154. The molecule has 1 unspecified atom stereocenters. The predicted octanol–water partition coefficient (Wildman–Crippen LogP) is 3.40. The van der Waals surface area contributed by atoms with Gasteiger partial charge in [0.1, 0.15) is 17.7 Å². The summed E-state index contributed by atoms with van der Waals surface area (Å²) in [7, 11) is 0. The maximum Gasteiger partial charge on any atom is 0.142 e. The number of hydrogen-bond acceptors (Lipinski definition) is 2. The Morgan fingerprint density at radius 1 is 1.22 bits per heavy atom. The minimum atomic E-state index is -1.27. The molecule has 2 nitrogen and oxygen atoms in total. The van der Waals surface area contributed by atoms with Gasteiger partial charge < -0.3 is 5.11 Å². The van der Waals surface area contributed by atoms with Crippen molar-refractivity contribution in [2.45, 2.75) is 13.0 Å². The maximum atomic E-state index is 13.7. The highest BCUT2D eigenvalue weighted by molar-refractivity contribution is 6.30. The van der Waals surface area contributed by atoms with Crippen LogP contribution in [0.15, 0.2) is 30.6 Å². The molecule has 0 aliphatic rings. The zero-order chi connectivity index (χ0) is 13.3. The molecule has 94 valence electrons. The molecule has 1 atom stereocenters. The summed E-state index contributed by atoms with van der Waals surface area (Å²) >= 11 is 5.46. The number of pyridine rings is 1. The lowest BCUT2D eigenvalue weighted by molar-refractivity contribution is 0.213. The Morgan fingerprint density at radius 3 is 2.61 bits per heavy atom. The lowest BCUT2D eigenvalue weighted by Crippen LogP contribution is -2.06. The Balaban J connectivity index is 2.50. The van der Waals surface area contributed by atoms with Crippen molar-refractivity contribution in [3.8, 4) is 0 Å². The zero-order valence-electron chi connectivity index (χ0n) is 9.49. The number of aryl methyl sites for hydroxylation is 1. The molecule has 0 radical (unpaired) electrons. The van der Waals surface area contributed by atoms with Gasteiger partial charge in [0.05, 0.1) is 5.02 Å². The number of rotatable bonds is 2. The molecule has 1 aromatic heterocycles. The van der Waals surface area contributed by atoms with E-state index in [0.29, 0.717) is 5.56 Å². The molecule has 0 aliphatic carbocycles. The van der Waals surface area contributed by atoms with Crippen molar-refractivity contribution in [2.75, 3.05) is 0 Å². The van der Waals surface area contributed by atoms with Crippen molar-refractivity contribution in [3.63, 3.8) is 0 Å². The lowest BCUT2D eigenvalue weighted by atomic mass is 9.99. The van der Waals surface area contributed by atoms with E-state index < -0.39 is 17.7 Å². The highest BCUT2D eigenvalue weighted by atomic mass is 35.5. The summed E-state index contributed by atoms with van der Waals surface area (Å²) in [6.45, 7) is 1.75. The molecule has 2 rings (SSSR count). The SMILES string of the molecule is Cc1ccncc1C(O)c1cc(F)c(Cl)cc1F. The first-order valence-corrected chi connectivity index (χ1v) is 5.61. The van der Waals surface area contributed by atoms with Gasteiger partial charge in [-0.25, -0.2) is 8.78 Å². The van der Waals surface area contributed by atoms with Crippen LogP contribution in [0, 0.1) is 18.6 Å². The molecule has 0 fully saturated rings. The number of benzene rings is 1. The number of aliphatic hydroxyl groups excluding tert-OH is 1. The summed E-state index contributed by atoms with van der Waals surface area (Å²) in [5.74, 6) is -1.52. The second-order valence-corrected chi connectivity index (χ2v) is 4.33. The third kappa shape index (κ3) is 2.35. The second kappa shape index (κ2) is 5.00. The highest BCUT2D eigenvalue weighted by Gasteiger charge is 2.19. The molecular weight excluding hydrogens is 260 g/mol. The van der Waals surface area contributed by atoms with E-state index in [1.807, 2.05) is 0 Å². The van der Waals surface area contributed by atoms with Crippen LogP contribution < -0.4 is 0 Å². The summed E-state index contributed by atoms with van der Waals surface area (Å²) in [6.07, 6.45) is 1.71. The number of aromatic nitrogens is 1. The Kier molecular flexibility index (Phi) is 3.59. The van der Waals surface area contributed by atoms with E-state index in [-0.39, 0.29) is 10.6 Å². The number of halogens is 3. The Bertz CT molecular complexity index is 589. The summed E-state index contributed by atoms with van der Waals surface area (Å²) < 4.78 is 27.0. The lowest BCUT2D eigenvalue weighted by Gasteiger charge is -2.14. The van der Waals surface area contributed by atoms with Gasteiger partial charge in [0.25, 0.3) is 0 Å². The second-order valence-electron chi connectivity index (χ2n) is 3.92. The van der Waals surface area contributed by atoms with Crippen molar-refractivity contribution >= 4 is 11.6 Å². The molecule has 5 heteroatoms. The fourth-order valence-corrected chi connectivity index (χ4v) is 1.83. The molecule has 0 amide bonds. The molecule has 0 aliphatic heterocycles. The molecule has 2 aromatic rings. The van der Waals surface area contributed by atoms with Crippen LogP contribution in [0.25, 0.3) is 0 Å². The molecule has 1 N–H and O–H groups in total. The number of hydrogen-bond donors (Lipinski definition) is 1. The minimum Gasteiger partial charge on any atom is -0.383 e. The monoisotopic (exact) mass is 269 g/mol. The van der Waals surface area contributed by atoms with E-state index in [9.17, 15) is 13.9 Å². The van der Waals surface area contributed by atoms with Crippen molar-refractivity contribution < 1.29 is 13.9 Å². The van der Waals surface area contributed by atoms with Crippen LogP contribution in [0.4, 0.5) is 8.78 Å². The molecule has 0 saturated carbocycles. The molecule has 0 bridgehead atoms. The predicted molar refractivity (Wildman–Crippen MR) is 64.4 cm³/mol. The standard InChI is InChI=1S/C13H10ClF2NO/c1-7-2-3-17-6-9(7)13(18)8-4-12(16)10(14)5-11(8)15/h2-6,13,18H,1H3. The van der Waals surface area contributed by atoms with Gasteiger partial charge >= 0.3 is 0 Å². The Morgan fingerprint density at radius 2 is 1.94 bits per heavy atom. The molecule has 1 aromatic carbocycles. The van der Waals surface area contributed by atoms with E-state index in [1.54, 1.807) is 19.2 Å². The van der Waals surface area contributed by atoms with Crippen LogP contribution >= 0.6 is 11.6 Å². The summed E-state index contributed by atoms with van der Waals surface area (Å²) in [5, 5.41) is 9.77. The average molecular weight is 270 g/mol. The fourth-order valence-electron chi connectivity index (χ4n) is 1.68. The molecule has 1 heterocycles. The summed E-state index contributed by atoms with van der Waals surface area (Å²) in [6, 6.07) is 3.43. The van der Waals surface area contributed by atoms with Crippen LogP contribution in [-0.4, -0.2) is 10.1 Å². The van der Waals surface area contributed by atoms with Gasteiger partial charge in [-0.2, -0.15) is 0 Å². The third-order valence-electron chi connectivity index (χ3n) is 2.71. The first kappa shape index (κ1) is 12.9. The van der Waals surface area contributed by atoms with Crippen LogP contribution in [0.5, 0.6) is 0 Å². The van der Waals surface area contributed by atoms with Gasteiger partial charge in [0.15, 0.2) is 0 Å². The minimum absolute atomic E-state index is 0.159. The third-order valence-corrected chi connectivity index (χ3v) is 3.00. The summed E-state index contributed by atoms with van der Waals surface area (Å²) in [5.41, 5.74) is 1.01. The molecular formula is C13H10ClF2NO.